The Morgan fingerprint density at radius 2 is 1.94 bits per heavy atom. The molecule has 8 nitrogen and oxygen atoms in total. The van der Waals surface area contributed by atoms with E-state index in [0.717, 1.165) is 28.6 Å². The summed E-state index contributed by atoms with van der Waals surface area (Å²) in [6, 6.07) is 7.80. The molecule has 35 heavy (non-hydrogen) atoms. The molecule has 0 amide bonds. The second kappa shape index (κ2) is 9.01. The first kappa shape index (κ1) is 23.4. The molecule has 0 bridgehead atoms. The Morgan fingerprint density at radius 1 is 1.17 bits per heavy atom. The minimum absolute atomic E-state index is 0.0491. The van der Waals surface area contributed by atoms with Crippen molar-refractivity contribution in [1.82, 2.24) is 18.9 Å². The van der Waals surface area contributed by atoms with Crippen molar-refractivity contribution in [3.8, 4) is 11.4 Å². The fourth-order valence-electron chi connectivity index (χ4n) is 4.18. The minimum Gasteiger partial charge on any atom is -0.364 e. The van der Waals surface area contributed by atoms with E-state index in [0.29, 0.717) is 28.8 Å². The quantitative estimate of drug-likeness (QED) is 0.410. The van der Waals surface area contributed by atoms with Gasteiger partial charge >= 0.3 is 0 Å². The molecule has 0 unspecified atom stereocenters. The van der Waals surface area contributed by atoms with E-state index in [1.54, 1.807) is 18.2 Å². The van der Waals surface area contributed by atoms with Crippen LogP contribution in [0.3, 0.4) is 0 Å². The van der Waals surface area contributed by atoms with Gasteiger partial charge in [0, 0.05) is 42.2 Å². The van der Waals surface area contributed by atoms with E-state index in [9.17, 15) is 17.6 Å². The van der Waals surface area contributed by atoms with E-state index in [1.807, 2.05) is 6.92 Å². The SMILES string of the molecule is Cc1ccc(S(=O)(=O)n2cc(-c3ncc(F)c(N[C@H]4CCCC(=O)C4)n3)c3cc(Cl)cnc32)cc1. The molecule has 1 aliphatic carbocycles. The second-order valence-corrected chi connectivity index (χ2v) is 10.8. The Labute approximate surface area is 206 Å². The molecular formula is C24H21ClFN5O3S. The summed E-state index contributed by atoms with van der Waals surface area (Å²) in [5.74, 6) is -0.498. The Balaban J connectivity index is 1.62. The van der Waals surface area contributed by atoms with Crippen molar-refractivity contribution >= 4 is 44.3 Å². The first-order valence-corrected chi connectivity index (χ1v) is 12.8. The van der Waals surface area contributed by atoms with Crippen LogP contribution >= 0.6 is 11.6 Å². The average molecular weight is 514 g/mol. The number of ketones is 1. The molecule has 0 aliphatic heterocycles. The summed E-state index contributed by atoms with van der Waals surface area (Å²) in [6.07, 6.45) is 6.01. The van der Waals surface area contributed by atoms with Gasteiger partial charge in [-0.05, 0) is 38.0 Å². The summed E-state index contributed by atoms with van der Waals surface area (Å²) in [5.41, 5.74) is 1.39. The first-order valence-electron chi connectivity index (χ1n) is 11.0. The number of nitrogens with one attached hydrogen (secondary N) is 1. The summed E-state index contributed by atoms with van der Waals surface area (Å²) in [4.78, 5) is 24.6. The number of halogens is 2. The number of aryl methyl sites for hydroxylation is 1. The molecule has 0 saturated heterocycles. The van der Waals surface area contributed by atoms with E-state index < -0.39 is 15.8 Å². The van der Waals surface area contributed by atoms with Crippen LogP contribution in [-0.2, 0) is 14.8 Å². The normalized spacial score (nSPS) is 16.5. The van der Waals surface area contributed by atoms with Crippen LogP contribution in [0.1, 0.15) is 31.2 Å². The van der Waals surface area contributed by atoms with Crippen molar-refractivity contribution in [2.45, 2.75) is 43.5 Å². The summed E-state index contributed by atoms with van der Waals surface area (Å²) < 4.78 is 42.5. The van der Waals surface area contributed by atoms with Gasteiger partial charge in [0.2, 0.25) is 0 Å². The van der Waals surface area contributed by atoms with Gasteiger partial charge in [-0.1, -0.05) is 29.3 Å². The van der Waals surface area contributed by atoms with E-state index in [4.69, 9.17) is 11.6 Å². The van der Waals surface area contributed by atoms with E-state index in [1.165, 1.54) is 24.5 Å². The molecule has 1 fully saturated rings. The topological polar surface area (TPSA) is 107 Å². The number of anilines is 1. The van der Waals surface area contributed by atoms with Gasteiger partial charge in [0.15, 0.2) is 23.1 Å². The minimum atomic E-state index is -4.00. The molecule has 1 atom stereocenters. The average Bonchev–Trinajstić information content (AvgIpc) is 3.20. The highest BCUT2D eigenvalue weighted by molar-refractivity contribution is 7.90. The van der Waals surface area contributed by atoms with E-state index in [2.05, 4.69) is 20.3 Å². The molecule has 1 aromatic carbocycles. The van der Waals surface area contributed by atoms with Gasteiger partial charge in [-0.15, -0.1) is 0 Å². The van der Waals surface area contributed by atoms with Crippen LogP contribution in [0, 0.1) is 12.7 Å². The van der Waals surface area contributed by atoms with Gasteiger partial charge in [0.25, 0.3) is 10.0 Å². The van der Waals surface area contributed by atoms with Gasteiger partial charge in [0.05, 0.1) is 16.1 Å². The van der Waals surface area contributed by atoms with Crippen molar-refractivity contribution < 1.29 is 17.6 Å². The Bertz CT molecular complexity index is 1550. The number of nitrogens with zero attached hydrogens (tertiary/aromatic N) is 4. The smallest absolute Gasteiger partial charge is 0.269 e. The van der Waals surface area contributed by atoms with Gasteiger partial charge in [-0.25, -0.2) is 31.7 Å². The van der Waals surface area contributed by atoms with Crippen LogP contribution in [0.5, 0.6) is 0 Å². The number of hydrogen-bond donors (Lipinski definition) is 1. The van der Waals surface area contributed by atoms with Crippen molar-refractivity contribution in [1.29, 1.82) is 0 Å². The highest BCUT2D eigenvalue weighted by atomic mass is 35.5. The summed E-state index contributed by atoms with van der Waals surface area (Å²) in [6.45, 7) is 1.86. The van der Waals surface area contributed by atoms with Crippen molar-refractivity contribution in [2.75, 3.05) is 5.32 Å². The van der Waals surface area contributed by atoms with Crippen LogP contribution in [0.4, 0.5) is 10.2 Å². The molecule has 4 aromatic rings. The molecule has 3 aromatic heterocycles. The number of carbonyl (C=O) groups excluding carboxylic acids is 1. The third-order valence-electron chi connectivity index (χ3n) is 5.96. The third kappa shape index (κ3) is 4.51. The number of fused-ring (bicyclic) bond motifs is 1. The highest BCUT2D eigenvalue weighted by Crippen LogP contribution is 2.33. The molecule has 180 valence electrons. The number of carbonyl (C=O) groups is 1. The van der Waals surface area contributed by atoms with Gasteiger partial charge in [-0.3, -0.25) is 4.79 Å². The molecule has 1 aliphatic rings. The number of aromatic nitrogens is 4. The number of benzene rings is 1. The molecule has 0 spiro atoms. The molecule has 1 N–H and O–H groups in total. The Morgan fingerprint density at radius 3 is 2.69 bits per heavy atom. The van der Waals surface area contributed by atoms with Gasteiger partial charge in [-0.2, -0.15) is 0 Å². The van der Waals surface area contributed by atoms with Crippen molar-refractivity contribution in [3.63, 3.8) is 0 Å². The maximum atomic E-state index is 14.6. The van der Waals surface area contributed by atoms with Crippen LogP contribution in [-0.4, -0.2) is 39.2 Å². The lowest BCUT2D eigenvalue weighted by Gasteiger charge is -2.22. The third-order valence-corrected chi connectivity index (χ3v) is 7.84. The number of pyridine rings is 1. The fraction of sp³-hybridized carbons (Fsp3) is 0.250. The highest BCUT2D eigenvalue weighted by Gasteiger charge is 2.25. The molecule has 5 rings (SSSR count). The predicted octanol–water partition coefficient (Wildman–Crippen LogP) is 4.75. The van der Waals surface area contributed by atoms with Gasteiger partial charge in [0.1, 0.15) is 5.78 Å². The zero-order valence-electron chi connectivity index (χ0n) is 18.7. The largest absolute Gasteiger partial charge is 0.364 e. The molecule has 0 radical (unpaired) electrons. The van der Waals surface area contributed by atoms with Crippen molar-refractivity contribution in [2.24, 2.45) is 0 Å². The number of rotatable bonds is 5. The first-order chi connectivity index (χ1) is 16.7. The van der Waals surface area contributed by atoms with E-state index >= 15 is 0 Å². The lowest BCUT2D eigenvalue weighted by Crippen LogP contribution is -2.28. The maximum Gasteiger partial charge on any atom is 0.269 e. The molecule has 3 heterocycles. The standard InChI is InChI=1S/C24H21ClFN5O3S/c1-14-5-7-18(8-6-14)35(33,34)31-13-20(19-9-15(25)11-28-24(19)31)22-27-12-21(26)23(30-22)29-16-3-2-4-17(32)10-16/h5-9,11-13,16H,2-4,10H2,1H3,(H,27,29,30)/t16-/m0/s1. The van der Waals surface area contributed by atoms with Crippen LogP contribution in [0.25, 0.3) is 22.4 Å². The predicted molar refractivity (Wildman–Crippen MR) is 130 cm³/mol. The van der Waals surface area contributed by atoms with Crippen LogP contribution in [0.15, 0.2) is 53.8 Å². The molecular weight excluding hydrogens is 493 g/mol. The summed E-state index contributed by atoms with van der Waals surface area (Å²) in [5, 5.41) is 3.70. The van der Waals surface area contributed by atoms with Crippen molar-refractivity contribution in [3.05, 3.63) is 65.3 Å². The zero-order valence-corrected chi connectivity index (χ0v) is 20.3. The zero-order chi connectivity index (χ0) is 24.7. The monoisotopic (exact) mass is 513 g/mol. The Kier molecular flexibility index (Phi) is 6.02. The molecule has 11 heteroatoms. The summed E-state index contributed by atoms with van der Waals surface area (Å²) >= 11 is 6.17. The van der Waals surface area contributed by atoms with Gasteiger partial charge < -0.3 is 5.32 Å². The summed E-state index contributed by atoms with van der Waals surface area (Å²) in [7, 11) is -4.00. The second-order valence-electron chi connectivity index (χ2n) is 8.55. The lowest BCUT2D eigenvalue weighted by molar-refractivity contribution is -0.120. The maximum absolute atomic E-state index is 14.6. The molecule has 1 saturated carbocycles. The number of hydrogen-bond acceptors (Lipinski definition) is 7. The Hall–Kier alpha value is -3.37. The fourth-order valence-corrected chi connectivity index (χ4v) is 5.66. The van der Waals surface area contributed by atoms with E-state index in [-0.39, 0.29) is 34.0 Å². The van der Waals surface area contributed by atoms with Crippen LogP contribution in [0.2, 0.25) is 5.02 Å². The lowest BCUT2D eigenvalue weighted by atomic mass is 9.94. The van der Waals surface area contributed by atoms with Crippen LogP contribution < -0.4 is 5.32 Å². The number of Topliss-reactive ketones (excluding diaryl/α,β-unsaturated/α-hetero) is 1.